The Morgan fingerprint density at radius 2 is 1.50 bits per heavy atom. The third-order valence-electron chi connectivity index (χ3n) is 0.894. The van der Waals surface area contributed by atoms with Gasteiger partial charge in [-0.2, -0.15) is 0 Å². The van der Waals surface area contributed by atoms with Gasteiger partial charge in [0.15, 0.2) is 0 Å². The molecule has 0 aromatic heterocycles. The Kier molecular flexibility index (Phi) is 8.70. The summed E-state index contributed by atoms with van der Waals surface area (Å²) in [6.45, 7) is 0.836. The first kappa shape index (κ1) is 9.84. The van der Waals surface area contributed by atoms with Gasteiger partial charge in [-0.3, -0.25) is 0 Å². The van der Waals surface area contributed by atoms with Gasteiger partial charge in [-0.1, -0.05) is 0 Å². The molecule has 0 saturated carbocycles. The van der Waals surface area contributed by atoms with E-state index in [4.69, 9.17) is 10.2 Å². The smallest absolute Gasteiger partial charge is 0.105 e. The van der Waals surface area contributed by atoms with E-state index in [1.54, 1.807) is 0 Å². The van der Waals surface area contributed by atoms with Crippen molar-refractivity contribution in [2.75, 3.05) is 26.4 Å². The number of aliphatic hydroxyl groups excluding tert-OH is 2. The van der Waals surface area contributed by atoms with Crippen LogP contribution in [0.1, 0.15) is 12.8 Å². The number of hydrogen-bond donors (Lipinski definition) is 2. The van der Waals surface area contributed by atoms with E-state index in [0.29, 0.717) is 6.61 Å². The lowest BCUT2D eigenvalue weighted by atomic mass is 10.3. The summed E-state index contributed by atoms with van der Waals surface area (Å²) in [5.41, 5.74) is 0. The molecular weight excluding hydrogens is 136 g/mol. The fourth-order valence-corrected chi connectivity index (χ4v) is 0.428. The van der Waals surface area contributed by atoms with Crippen molar-refractivity contribution < 1.29 is 20.0 Å². The van der Waals surface area contributed by atoms with E-state index in [1.807, 2.05) is 0 Å². The molecule has 0 aromatic rings. The lowest BCUT2D eigenvalue weighted by molar-refractivity contribution is -0.298. The molecule has 4 heteroatoms. The molecule has 0 aliphatic heterocycles. The molecule has 10 heavy (non-hydrogen) atoms. The summed E-state index contributed by atoms with van der Waals surface area (Å²) in [4.78, 5) is 9.10. The Bertz CT molecular complexity index is 49.7. The van der Waals surface area contributed by atoms with Crippen LogP contribution < -0.4 is 0 Å². The van der Waals surface area contributed by atoms with Crippen molar-refractivity contribution >= 4 is 0 Å². The summed E-state index contributed by atoms with van der Waals surface area (Å²) in [6.07, 6.45) is 1.50. The highest BCUT2D eigenvalue weighted by Crippen LogP contribution is 1.88. The van der Waals surface area contributed by atoms with Crippen molar-refractivity contribution in [3.05, 3.63) is 0 Å². The number of rotatable bonds is 7. The fourth-order valence-electron chi connectivity index (χ4n) is 0.428. The molecule has 0 amide bonds. The highest BCUT2D eigenvalue weighted by molar-refractivity contribution is 4.32. The normalized spacial score (nSPS) is 10.2. The second kappa shape index (κ2) is 8.84. The first-order chi connectivity index (χ1) is 4.91. The Hall–Kier alpha value is -0.160. The van der Waals surface area contributed by atoms with Crippen molar-refractivity contribution in [3.63, 3.8) is 0 Å². The van der Waals surface area contributed by atoms with Crippen LogP contribution in [0.5, 0.6) is 0 Å². The second-order valence-corrected chi connectivity index (χ2v) is 1.80. The van der Waals surface area contributed by atoms with E-state index < -0.39 is 0 Å². The Labute approximate surface area is 60.3 Å². The minimum Gasteiger partial charge on any atom is -0.396 e. The molecule has 0 saturated heterocycles. The Morgan fingerprint density at radius 1 is 0.800 bits per heavy atom. The summed E-state index contributed by atoms with van der Waals surface area (Å²) in [5, 5.41) is 16.6. The van der Waals surface area contributed by atoms with E-state index in [-0.39, 0.29) is 19.8 Å². The van der Waals surface area contributed by atoms with Crippen LogP contribution in [0.15, 0.2) is 0 Å². The molecule has 0 aromatic carbocycles. The van der Waals surface area contributed by atoms with Crippen LogP contribution in [0.4, 0.5) is 0 Å². The zero-order valence-corrected chi connectivity index (χ0v) is 5.95. The maximum Gasteiger partial charge on any atom is 0.105 e. The zero-order valence-electron chi connectivity index (χ0n) is 5.95. The maximum absolute atomic E-state index is 8.33. The van der Waals surface area contributed by atoms with E-state index in [9.17, 15) is 0 Å². The Balaban J connectivity index is 2.65. The summed E-state index contributed by atoms with van der Waals surface area (Å²) in [6, 6.07) is 0. The summed E-state index contributed by atoms with van der Waals surface area (Å²) in [7, 11) is 0. The van der Waals surface area contributed by atoms with Crippen LogP contribution in [0.25, 0.3) is 0 Å². The van der Waals surface area contributed by atoms with E-state index in [0.717, 1.165) is 12.8 Å². The summed E-state index contributed by atoms with van der Waals surface area (Å²) < 4.78 is 0. The molecule has 0 radical (unpaired) electrons. The maximum atomic E-state index is 8.33. The van der Waals surface area contributed by atoms with Gasteiger partial charge in [0.05, 0.1) is 13.2 Å². The molecule has 0 atom stereocenters. The summed E-state index contributed by atoms with van der Waals surface area (Å²) in [5.74, 6) is 0. The number of aliphatic hydroxyl groups is 2. The van der Waals surface area contributed by atoms with Gasteiger partial charge in [0.1, 0.15) is 6.61 Å². The van der Waals surface area contributed by atoms with Crippen LogP contribution >= 0.6 is 0 Å². The average Bonchev–Trinajstić information content (AvgIpc) is 1.97. The fraction of sp³-hybridized carbons (Fsp3) is 1.00. The molecule has 0 bridgehead atoms. The van der Waals surface area contributed by atoms with Gasteiger partial charge in [-0.25, -0.2) is 9.78 Å². The molecule has 0 rings (SSSR count). The molecule has 0 heterocycles. The quantitative estimate of drug-likeness (QED) is 0.297. The zero-order chi connectivity index (χ0) is 7.66. The predicted molar refractivity (Wildman–Crippen MR) is 35.3 cm³/mol. The number of hydrogen-bond acceptors (Lipinski definition) is 4. The van der Waals surface area contributed by atoms with Crippen molar-refractivity contribution in [3.8, 4) is 0 Å². The van der Waals surface area contributed by atoms with E-state index >= 15 is 0 Å². The first-order valence-electron chi connectivity index (χ1n) is 3.38. The highest BCUT2D eigenvalue weighted by Gasteiger charge is 1.87. The van der Waals surface area contributed by atoms with Gasteiger partial charge in [-0.15, -0.1) is 0 Å². The van der Waals surface area contributed by atoms with Gasteiger partial charge >= 0.3 is 0 Å². The molecule has 0 aliphatic carbocycles. The number of unbranched alkanes of at least 4 members (excludes halogenated alkanes) is 1. The molecular formula is C6H14O4. The summed E-state index contributed by atoms with van der Waals surface area (Å²) >= 11 is 0. The van der Waals surface area contributed by atoms with Gasteiger partial charge in [0.2, 0.25) is 0 Å². The van der Waals surface area contributed by atoms with Crippen molar-refractivity contribution in [1.29, 1.82) is 0 Å². The van der Waals surface area contributed by atoms with Gasteiger partial charge in [0, 0.05) is 6.61 Å². The van der Waals surface area contributed by atoms with Crippen molar-refractivity contribution in [2.45, 2.75) is 12.8 Å². The second-order valence-electron chi connectivity index (χ2n) is 1.80. The first-order valence-corrected chi connectivity index (χ1v) is 3.38. The highest BCUT2D eigenvalue weighted by atomic mass is 17.2. The standard InChI is InChI=1S/C6H14O4/c7-3-1-2-5-9-10-6-4-8/h7-8H,1-6H2. The Morgan fingerprint density at radius 3 is 2.10 bits per heavy atom. The van der Waals surface area contributed by atoms with Crippen molar-refractivity contribution in [1.82, 2.24) is 0 Å². The molecule has 0 fully saturated rings. The third kappa shape index (κ3) is 7.84. The average molecular weight is 150 g/mol. The van der Waals surface area contributed by atoms with Crippen molar-refractivity contribution in [2.24, 2.45) is 0 Å². The lowest BCUT2D eigenvalue weighted by Gasteiger charge is -2.00. The SMILES string of the molecule is OCCCCOOCCO. The monoisotopic (exact) mass is 150 g/mol. The largest absolute Gasteiger partial charge is 0.396 e. The van der Waals surface area contributed by atoms with Crippen LogP contribution in [0.2, 0.25) is 0 Å². The minimum absolute atomic E-state index is 0.0278. The topological polar surface area (TPSA) is 58.9 Å². The molecule has 2 N–H and O–H groups in total. The van der Waals surface area contributed by atoms with Crippen LogP contribution in [-0.2, 0) is 9.78 Å². The van der Waals surface area contributed by atoms with Gasteiger partial charge < -0.3 is 10.2 Å². The van der Waals surface area contributed by atoms with Crippen LogP contribution in [-0.4, -0.2) is 36.6 Å². The lowest BCUT2D eigenvalue weighted by Crippen LogP contribution is -2.02. The molecule has 4 nitrogen and oxygen atoms in total. The molecule has 0 unspecified atom stereocenters. The van der Waals surface area contributed by atoms with Gasteiger partial charge in [0.25, 0.3) is 0 Å². The van der Waals surface area contributed by atoms with Gasteiger partial charge in [-0.05, 0) is 12.8 Å². The molecule has 62 valence electrons. The van der Waals surface area contributed by atoms with Crippen LogP contribution in [0.3, 0.4) is 0 Å². The van der Waals surface area contributed by atoms with Crippen LogP contribution in [0, 0.1) is 0 Å². The minimum atomic E-state index is -0.0278. The van der Waals surface area contributed by atoms with E-state index in [2.05, 4.69) is 9.78 Å². The molecule has 0 aliphatic rings. The predicted octanol–water partition coefficient (Wildman–Crippen LogP) is -0.301. The third-order valence-corrected chi connectivity index (χ3v) is 0.894. The van der Waals surface area contributed by atoms with E-state index in [1.165, 1.54) is 0 Å². The molecule has 0 spiro atoms.